The summed E-state index contributed by atoms with van der Waals surface area (Å²) in [5, 5.41) is 23.8. The van der Waals surface area contributed by atoms with Crippen LogP contribution in [0.2, 0.25) is 0 Å². The Balaban J connectivity index is 4.20. The van der Waals surface area contributed by atoms with Crippen molar-refractivity contribution in [1.29, 1.82) is 0 Å². The van der Waals surface area contributed by atoms with E-state index in [-0.39, 0.29) is 12.4 Å². The number of rotatable bonds is 4. The van der Waals surface area contributed by atoms with Crippen LogP contribution in [0.1, 0.15) is 27.7 Å². The third-order valence-corrected chi connectivity index (χ3v) is 2.37. The molecule has 0 atom stereocenters. The largest absolute Gasteiger partial charge is 0.409 e. The van der Waals surface area contributed by atoms with Gasteiger partial charge < -0.3 is 21.4 Å². The van der Waals surface area contributed by atoms with Gasteiger partial charge in [0.15, 0.2) is 5.84 Å². The average molecular weight is 189 g/mol. The van der Waals surface area contributed by atoms with Crippen LogP contribution in [0.25, 0.3) is 0 Å². The summed E-state index contributed by atoms with van der Waals surface area (Å²) in [6, 6.07) is 0. The Labute approximate surface area is 78.6 Å². The lowest BCUT2D eigenvalue weighted by molar-refractivity contribution is -0.00229. The molecule has 5 heteroatoms. The van der Waals surface area contributed by atoms with Gasteiger partial charge in [0, 0.05) is 5.54 Å². The molecule has 0 aliphatic rings. The number of nitrogens with two attached hydrogens (primary N) is 1. The third-order valence-electron chi connectivity index (χ3n) is 2.37. The van der Waals surface area contributed by atoms with Crippen LogP contribution in [0.4, 0.5) is 0 Å². The van der Waals surface area contributed by atoms with Crippen LogP contribution >= 0.6 is 0 Å². The van der Waals surface area contributed by atoms with Crippen molar-refractivity contribution in [2.45, 2.75) is 38.8 Å². The van der Waals surface area contributed by atoms with Gasteiger partial charge in [0.1, 0.15) is 0 Å². The lowest BCUT2D eigenvalue weighted by atomic mass is 9.86. The van der Waals surface area contributed by atoms with Crippen LogP contribution in [0.15, 0.2) is 5.16 Å². The summed E-state index contributed by atoms with van der Waals surface area (Å²) in [6.45, 7) is 7.33. The number of amidine groups is 1. The van der Waals surface area contributed by atoms with E-state index in [0.717, 1.165) is 0 Å². The molecule has 0 aromatic carbocycles. The minimum absolute atomic E-state index is 0.0947. The zero-order chi connectivity index (χ0) is 10.7. The summed E-state index contributed by atoms with van der Waals surface area (Å²) in [4.78, 5) is 0. The van der Waals surface area contributed by atoms with E-state index in [0.29, 0.717) is 0 Å². The van der Waals surface area contributed by atoms with Crippen LogP contribution in [0.3, 0.4) is 0 Å². The molecule has 0 aromatic heterocycles. The van der Waals surface area contributed by atoms with Gasteiger partial charge in [0.05, 0.1) is 12.1 Å². The Hall–Kier alpha value is -0.810. The molecule has 0 saturated heterocycles. The van der Waals surface area contributed by atoms with Crippen LogP contribution < -0.4 is 11.1 Å². The number of nitrogens with one attached hydrogen (secondary N) is 1. The fourth-order valence-electron chi connectivity index (χ4n) is 0.563. The van der Waals surface area contributed by atoms with Crippen molar-refractivity contribution in [3.63, 3.8) is 0 Å². The fraction of sp³-hybridized carbons (Fsp3) is 0.875. The second-order valence-corrected chi connectivity index (χ2v) is 4.13. The minimum atomic E-state index is -0.872. The van der Waals surface area contributed by atoms with Gasteiger partial charge in [-0.1, -0.05) is 5.16 Å². The normalized spacial score (nSPS) is 14.7. The molecule has 0 heterocycles. The Morgan fingerprint density at radius 1 is 1.38 bits per heavy atom. The summed E-state index contributed by atoms with van der Waals surface area (Å²) >= 11 is 0. The van der Waals surface area contributed by atoms with Crippen molar-refractivity contribution in [1.82, 2.24) is 5.32 Å². The Bertz CT molecular complexity index is 194. The Kier molecular flexibility index (Phi) is 3.69. The van der Waals surface area contributed by atoms with E-state index in [1.807, 2.05) is 13.8 Å². The van der Waals surface area contributed by atoms with E-state index in [4.69, 9.17) is 10.9 Å². The molecular formula is C8H19N3O2. The predicted octanol–water partition coefficient (Wildman–Crippen LogP) is -0.128. The maximum Gasteiger partial charge on any atom is 0.153 e. The van der Waals surface area contributed by atoms with Gasteiger partial charge in [-0.3, -0.25) is 0 Å². The van der Waals surface area contributed by atoms with Crippen molar-refractivity contribution < 1.29 is 10.3 Å². The molecule has 0 unspecified atom stereocenters. The maximum absolute atomic E-state index is 9.73. The molecule has 0 radical (unpaired) electrons. The summed E-state index contributed by atoms with van der Waals surface area (Å²) in [6.07, 6.45) is 0. The van der Waals surface area contributed by atoms with Crippen molar-refractivity contribution >= 4 is 5.84 Å². The van der Waals surface area contributed by atoms with Crippen LogP contribution in [0.5, 0.6) is 0 Å². The third kappa shape index (κ3) is 3.61. The molecule has 0 fully saturated rings. The zero-order valence-electron chi connectivity index (χ0n) is 8.63. The first-order valence-electron chi connectivity index (χ1n) is 4.14. The highest BCUT2D eigenvalue weighted by Gasteiger charge is 2.34. The van der Waals surface area contributed by atoms with Gasteiger partial charge in [0.25, 0.3) is 0 Å². The molecule has 0 aliphatic carbocycles. The lowest BCUT2D eigenvalue weighted by Crippen LogP contribution is -2.57. The van der Waals surface area contributed by atoms with E-state index >= 15 is 0 Å². The van der Waals surface area contributed by atoms with E-state index in [9.17, 15) is 5.11 Å². The monoisotopic (exact) mass is 189 g/mol. The standard InChI is InChI=1S/C8H19N3O2/c1-7(2,8(3,4)12)10-5-6(9)11-13/h10,12-13H,5H2,1-4H3,(H2,9,11). The number of hydrogen-bond donors (Lipinski definition) is 4. The summed E-state index contributed by atoms with van der Waals surface area (Å²) < 4.78 is 0. The highest BCUT2D eigenvalue weighted by atomic mass is 16.4. The molecule has 5 nitrogen and oxygen atoms in total. The summed E-state index contributed by atoms with van der Waals surface area (Å²) in [5.41, 5.74) is 3.91. The zero-order valence-corrected chi connectivity index (χ0v) is 8.63. The second-order valence-electron chi connectivity index (χ2n) is 4.13. The van der Waals surface area contributed by atoms with Crippen molar-refractivity contribution in [3.05, 3.63) is 0 Å². The number of aliphatic hydroxyl groups is 1. The van der Waals surface area contributed by atoms with E-state index in [1.54, 1.807) is 13.8 Å². The first kappa shape index (κ1) is 12.2. The summed E-state index contributed by atoms with van der Waals surface area (Å²) in [5.74, 6) is 0.0947. The predicted molar refractivity (Wildman–Crippen MR) is 51.8 cm³/mol. The molecule has 78 valence electrons. The number of nitrogens with zero attached hydrogens (tertiary/aromatic N) is 1. The fourth-order valence-corrected chi connectivity index (χ4v) is 0.563. The van der Waals surface area contributed by atoms with Crippen molar-refractivity contribution in [3.8, 4) is 0 Å². The SMILES string of the molecule is CC(C)(O)C(C)(C)NCC(N)=NO. The molecule has 0 aliphatic heterocycles. The Morgan fingerprint density at radius 2 is 1.85 bits per heavy atom. The van der Waals surface area contributed by atoms with Gasteiger partial charge in [-0.2, -0.15) is 0 Å². The topological polar surface area (TPSA) is 90.9 Å². The van der Waals surface area contributed by atoms with E-state index < -0.39 is 11.1 Å². The van der Waals surface area contributed by atoms with E-state index in [1.165, 1.54) is 0 Å². The highest BCUT2D eigenvalue weighted by Crippen LogP contribution is 2.19. The lowest BCUT2D eigenvalue weighted by Gasteiger charge is -2.38. The molecule has 0 amide bonds. The first-order valence-corrected chi connectivity index (χ1v) is 4.14. The molecule has 0 saturated carbocycles. The van der Waals surface area contributed by atoms with Gasteiger partial charge in [0.2, 0.25) is 0 Å². The number of hydrogen-bond acceptors (Lipinski definition) is 4. The molecule has 0 bridgehead atoms. The molecule has 0 rings (SSSR count). The van der Waals surface area contributed by atoms with Crippen LogP contribution in [0, 0.1) is 0 Å². The molecule has 0 aromatic rings. The molecular weight excluding hydrogens is 170 g/mol. The summed E-state index contributed by atoms with van der Waals surface area (Å²) in [7, 11) is 0. The quantitative estimate of drug-likeness (QED) is 0.215. The highest BCUT2D eigenvalue weighted by molar-refractivity contribution is 5.81. The molecule has 0 spiro atoms. The van der Waals surface area contributed by atoms with Gasteiger partial charge in [-0.15, -0.1) is 0 Å². The molecule has 13 heavy (non-hydrogen) atoms. The van der Waals surface area contributed by atoms with E-state index in [2.05, 4.69) is 10.5 Å². The van der Waals surface area contributed by atoms with Gasteiger partial charge in [-0.25, -0.2) is 0 Å². The van der Waals surface area contributed by atoms with Crippen LogP contribution in [-0.2, 0) is 0 Å². The average Bonchev–Trinajstić information content (AvgIpc) is 1.98. The van der Waals surface area contributed by atoms with Gasteiger partial charge in [-0.05, 0) is 27.7 Å². The second kappa shape index (κ2) is 3.93. The number of oxime groups is 1. The van der Waals surface area contributed by atoms with Crippen molar-refractivity contribution in [2.75, 3.05) is 6.54 Å². The minimum Gasteiger partial charge on any atom is -0.409 e. The first-order chi connectivity index (χ1) is 5.70. The molecule has 5 N–H and O–H groups in total. The van der Waals surface area contributed by atoms with Crippen molar-refractivity contribution in [2.24, 2.45) is 10.9 Å². The Morgan fingerprint density at radius 3 is 2.15 bits per heavy atom. The smallest absolute Gasteiger partial charge is 0.153 e. The van der Waals surface area contributed by atoms with Gasteiger partial charge >= 0.3 is 0 Å². The maximum atomic E-state index is 9.73. The van der Waals surface area contributed by atoms with Crippen LogP contribution in [-0.4, -0.2) is 33.8 Å².